The molecule has 0 saturated carbocycles. The van der Waals surface area contributed by atoms with E-state index in [-0.39, 0.29) is 6.03 Å². The number of hydrogen-bond acceptors (Lipinski definition) is 6. The Labute approximate surface area is 189 Å². The van der Waals surface area contributed by atoms with Crippen LogP contribution in [0.25, 0.3) is 21.7 Å². The molecule has 0 atom stereocenters. The number of amides is 2. The minimum Gasteiger partial charge on any atom is -0.322 e. The van der Waals surface area contributed by atoms with Gasteiger partial charge in [-0.3, -0.25) is 5.32 Å². The predicted octanol–water partition coefficient (Wildman–Crippen LogP) is 4.48. The summed E-state index contributed by atoms with van der Waals surface area (Å²) in [6.45, 7) is 4.92. The van der Waals surface area contributed by atoms with Crippen LogP contribution >= 0.6 is 22.9 Å². The summed E-state index contributed by atoms with van der Waals surface area (Å²) in [5.41, 5.74) is 3.69. The van der Waals surface area contributed by atoms with Crippen molar-refractivity contribution in [1.82, 2.24) is 19.8 Å². The van der Waals surface area contributed by atoms with Gasteiger partial charge in [0, 0.05) is 37.4 Å². The van der Waals surface area contributed by atoms with E-state index in [4.69, 9.17) is 16.6 Å². The average molecular weight is 453 g/mol. The fraction of sp³-hybridized carbons (Fsp3) is 0.273. The minimum atomic E-state index is -0.158. The van der Waals surface area contributed by atoms with Crippen LogP contribution in [0.3, 0.4) is 0 Å². The Morgan fingerprint density at radius 3 is 2.65 bits per heavy atom. The van der Waals surface area contributed by atoms with Gasteiger partial charge in [0.15, 0.2) is 5.13 Å². The number of carbonyl (C=O) groups excluding carboxylic acids is 1. The third kappa shape index (κ3) is 4.85. The average Bonchev–Trinajstić information content (AvgIpc) is 3.17. The fourth-order valence-electron chi connectivity index (χ4n) is 3.44. The normalized spacial score (nSPS) is 14.3. The summed E-state index contributed by atoms with van der Waals surface area (Å²) in [6.07, 6.45) is 0. The number of carbonyl (C=O) groups is 1. The maximum absolute atomic E-state index is 12.8. The van der Waals surface area contributed by atoms with E-state index in [9.17, 15) is 10.1 Å². The van der Waals surface area contributed by atoms with Gasteiger partial charge in [-0.15, -0.1) is 0 Å². The molecule has 158 valence electrons. The molecule has 1 aromatic carbocycles. The maximum atomic E-state index is 12.8. The molecule has 1 fully saturated rings. The van der Waals surface area contributed by atoms with Gasteiger partial charge in [0.1, 0.15) is 5.15 Å². The first-order valence-corrected chi connectivity index (χ1v) is 11.0. The fourth-order valence-corrected chi connectivity index (χ4v) is 4.66. The van der Waals surface area contributed by atoms with E-state index in [0.29, 0.717) is 34.6 Å². The first-order chi connectivity index (χ1) is 14.9. The van der Waals surface area contributed by atoms with Gasteiger partial charge in [0.25, 0.3) is 0 Å². The molecule has 0 unspecified atom stereocenters. The number of nitrogens with one attached hydrogen (secondary N) is 1. The number of hydrogen-bond donors (Lipinski definition) is 1. The Kier molecular flexibility index (Phi) is 6.18. The lowest BCUT2D eigenvalue weighted by Gasteiger charge is -2.32. The largest absolute Gasteiger partial charge is 0.323 e. The smallest absolute Gasteiger partial charge is 0.322 e. The van der Waals surface area contributed by atoms with E-state index in [2.05, 4.69) is 21.3 Å². The topological polar surface area (TPSA) is 85.2 Å². The van der Waals surface area contributed by atoms with E-state index < -0.39 is 0 Å². The Balaban J connectivity index is 1.71. The van der Waals surface area contributed by atoms with Crippen molar-refractivity contribution in [1.29, 1.82) is 5.26 Å². The third-order valence-corrected chi connectivity index (χ3v) is 6.29. The van der Waals surface area contributed by atoms with Crippen LogP contribution in [0.2, 0.25) is 5.15 Å². The van der Waals surface area contributed by atoms with E-state index in [1.165, 1.54) is 11.3 Å². The molecule has 0 bridgehead atoms. The summed E-state index contributed by atoms with van der Waals surface area (Å²) in [7, 11) is 2.05. The Morgan fingerprint density at radius 2 is 1.94 bits per heavy atom. The highest BCUT2D eigenvalue weighted by Crippen LogP contribution is 2.40. The molecule has 0 aliphatic carbocycles. The van der Waals surface area contributed by atoms with Crippen molar-refractivity contribution < 1.29 is 4.79 Å². The molecule has 2 aromatic heterocycles. The van der Waals surface area contributed by atoms with Crippen LogP contribution in [-0.4, -0.2) is 59.0 Å². The van der Waals surface area contributed by atoms with Gasteiger partial charge in [0.2, 0.25) is 0 Å². The monoisotopic (exact) mass is 452 g/mol. The first kappa shape index (κ1) is 21.2. The van der Waals surface area contributed by atoms with E-state index >= 15 is 0 Å². The van der Waals surface area contributed by atoms with Crippen molar-refractivity contribution in [2.75, 3.05) is 38.5 Å². The summed E-state index contributed by atoms with van der Waals surface area (Å²) in [4.78, 5) is 26.6. The number of likely N-dealkylation sites (N-methyl/N-ethyl adjacent to an activating group) is 1. The second-order valence-corrected chi connectivity index (χ2v) is 8.82. The van der Waals surface area contributed by atoms with Gasteiger partial charge in [-0.1, -0.05) is 35.1 Å². The van der Waals surface area contributed by atoms with E-state index in [1.54, 1.807) is 23.1 Å². The van der Waals surface area contributed by atoms with Crippen LogP contribution in [0.15, 0.2) is 36.4 Å². The second-order valence-electron chi connectivity index (χ2n) is 7.43. The molecule has 1 N–H and O–H groups in total. The highest BCUT2D eigenvalue weighted by Gasteiger charge is 2.22. The molecule has 1 aliphatic rings. The standard InChI is InChI=1S/C22H21ClN6OS/c1-14-10-17(12-18(23)25-14)20-19(16-5-3-4-15(11-16)13-24)26-21(31-20)27-22(30)29-8-6-28(2)7-9-29/h3-5,10-12H,6-9H2,1-2H3,(H,26,27,30). The number of pyridine rings is 1. The number of benzene rings is 1. The molecular weight excluding hydrogens is 432 g/mol. The van der Waals surface area contributed by atoms with Crippen LogP contribution in [0.1, 0.15) is 11.3 Å². The number of nitrogens with zero attached hydrogens (tertiary/aromatic N) is 5. The lowest BCUT2D eigenvalue weighted by molar-refractivity contribution is 0.164. The number of rotatable bonds is 3. The molecule has 2 amide bonds. The molecule has 7 nitrogen and oxygen atoms in total. The first-order valence-electron chi connectivity index (χ1n) is 9.83. The van der Waals surface area contributed by atoms with Crippen molar-refractivity contribution >= 4 is 34.1 Å². The van der Waals surface area contributed by atoms with Gasteiger partial charge in [0.05, 0.1) is 22.2 Å². The second kappa shape index (κ2) is 9.02. The Hall–Kier alpha value is -2.99. The van der Waals surface area contributed by atoms with Gasteiger partial charge in [-0.25, -0.2) is 14.8 Å². The summed E-state index contributed by atoms with van der Waals surface area (Å²) in [5, 5.41) is 13.1. The Bertz CT molecular complexity index is 1140. The number of aryl methyl sites for hydroxylation is 1. The van der Waals surface area contributed by atoms with Gasteiger partial charge in [-0.2, -0.15) is 5.26 Å². The van der Waals surface area contributed by atoms with E-state index in [0.717, 1.165) is 34.8 Å². The third-order valence-electron chi connectivity index (χ3n) is 5.08. The molecule has 9 heteroatoms. The van der Waals surface area contributed by atoms with Crippen LogP contribution in [0, 0.1) is 18.3 Å². The molecule has 0 spiro atoms. The number of piperazine rings is 1. The summed E-state index contributed by atoms with van der Waals surface area (Å²) < 4.78 is 0. The molecule has 3 heterocycles. The zero-order chi connectivity index (χ0) is 22.0. The highest BCUT2D eigenvalue weighted by molar-refractivity contribution is 7.19. The van der Waals surface area contributed by atoms with Crippen LogP contribution in [0.4, 0.5) is 9.93 Å². The Morgan fingerprint density at radius 1 is 1.16 bits per heavy atom. The highest BCUT2D eigenvalue weighted by atomic mass is 35.5. The number of anilines is 1. The summed E-state index contributed by atoms with van der Waals surface area (Å²) in [6, 6.07) is 13.0. The zero-order valence-corrected chi connectivity index (χ0v) is 18.8. The van der Waals surface area contributed by atoms with Crippen LogP contribution < -0.4 is 5.32 Å². The molecule has 4 rings (SSSR count). The van der Waals surface area contributed by atoms with Crippen LogP contribution in [0.5, 0.6) is 0 Å². The lowest BCUT2D eigenvalue weighted by Crippen LogP contribution is -2.48. The molecule has 0 radical (unpaired) electrons. The number of thiazole rings is 1. The molecule has 31 heavy (non-hydrogen) atoms. The van der Waals surface area contributed by atoms with E-state index in [1.807, 2.05) is 32.2 Å². The van der Waals surface area contributed by atoms with Gasteiger partial charge < -0.3 is 9.80 Å². The van der Waals surface area contributed by atoms with Crippen molar-refractivity contribution in [2.24, 2.45) is 0 Å². The van der Waals surface area contributed by atoms with Crippen molar-refractivity contribution in [3.63, 3.8) is 0 Å². The quantitative estimate of drug-likeness (QED) is 0.592. The lowest BCUT2D eigenvalue weighted by atomic mass is 10.1. The number of nitriles is 1. The molecule has 1 aliphatic heterocycles. The molecule has 1 saturated heterocycles. The zero-order valence-electron chi connectivity index (χ0n) is 17.2. The minimum absolute atomic E-state index is 0.158. The van der Waals surface area contributed by atoms with Crippen molar-refractivity contribution in [3.05, 3.63) is 52.8 Å². The number of aromatic nitrogens is 2. The summed E-state index contributed by atoms with van der Waals surface area (Å²) in [5.74, 6) is 0. The number of halogens is 1. The van der Waals surface area contributed by atoms with Crippen molar-refractivity contribution in [2.45, 2.75) is 6.92 Å². The van der Waals surface area contributed by atoms with Crippen molar-refractivity contribution in [3.8, 4) is 27.8 Å². The molecular formula is C22H21ClN6OS. The van der Waals surface area contributed by atoms with Gasteiger partial charge in [-0.05, 0) is 43.8 Å². The molecule has 3 aromatic rings. The summed E-state index contributed by atoms with van der Waals surface area (Å²) >= 11 is 7.58. The number of urea groups is 1. The van der Waals surface area contributed by atoms with Gasteiger partial charge >= 0.3 is 6.03 Å². The van der Waals surface area contributed by atoms with Crippen LogP contribution in [-0.2, 0) is 0 Å². The SMILES string of the molecule is Cc1cc(-c2sc(NC(=O)N3CCN(C)CC3)nc2-c2cccc(C#N)c2)cc(Cl)n1. The maximum Gasteiger partial charge on any atom is 0.323 e. The predicted molar refractivity (Wildman–Crippen MR) is 123 cm³/mol.